The molecular weight excluding hydrogens is 156 g/mol. The minimum atomic E-state index is -0.514. The number of ketones is 1. The summed E-state index contributed by atoms with van der Waals surface area (Å²) in [6, 6.07) is -0.514. The van der Waals surface area contributed by atoms with Crippen molar-refractivity contribution < 1.29 is 4.79 Å². The van der Waals surface area contributed by atoms with Crippen LogP contribution in [0, 0.1) is 0 Å². The summed E-state index contributed by atoms with van der Waals surface area (Å²) >= 11 is 0. The Morgan fingerprint density at radius 2 is 2.50 bits per heavy atom. The second-order valence-corrected chi connectivity index (χ2v) is 2.55. The summed E-state index contributed by atoms with van der Waals surface area (Å²) in [4.78, 5) is 15.2. The summed E-state index contributed by atoms with van der Waals surface area (Å²) in [7, 11) is 0. The molecule has 12 heavy (non-hydrogen) atoms. The van der Waals surface area contributed by atoms with E-state index in [0.29, 0.717) is 12.4 Å². The maximum Gasteiger partial charge on any atom is 0.216 e. The number of aromatic nitrogens is 3. The summed E-state index contributed by atoms with van der Waals surface area (Å²) in [5.41, 5.74) is 5.42. The van der Waals surface area contributed by atoms with Gasteiger partial charge in [-0.15, -0.1) is 0 Å². The van der Waals surface area contributed by atoms with Gasteiger partial charge in [-0.3, -0.25) is 4.79 Å². The molecule has 0 saturated heterocycles. The average molecular weight is 168 g/mol. The third-order valence-electron chi connectivity index (χ3n) is 1.55. The highest BCUT2D eigenvalue weighted by atomic mass is 16.1. The molecule has 1 atom stereocenters. The second kappa shape index (κ2) is 3.44. The van der Waals surface area contributed by atoms with Gasteiger partial charge in [0.05, 0.1) is 6.04 Å². The first-order valence-corrected chi connectivity index (χ1v) is 3.84. The lowest BCUT2D eigenvalue weighted by atomic mass is 10.2. The van der Waals surface area contributed by atoms with Gasteiger partial charge in [-0.1, -0.05) is 0 Å². The van der Waals surface area contributed by atoms with Gasteiger partial charge in [0.1, 0.15) is 6.33 Å². The third-order valence-corrected chi connectivity index (χ3v) is 1.55. The molecule has 0 bridgehead atoms. The molecule has 0 radical (unpaired) electrons. The van der Waals surface area contributed by atoms with Crippen molar-refractivity contribution in [1.82, 2.24) is 14.8 Å². The smallest absolute Gasteiger partial charge is 0.216 e. The number of hydrogen-bond acceptors (Lipinski definition) is 4. The number of aryl methyl sites for hydroxylation is 1. The normalized spacial score (nSPS) is 12.9. The number of Topliss-reactive ketones (excluding diaryl/α,β-unsaturated/α-hetero) is 1. The first-order valence-electron chi connectivity index (χ1n) is 3.84. The molecule has 5 heteroatoms. The molecule has 2 N–H and O–H groups in total. The van der Waals surface area contributed by atoms with E-state index in [0.717, 1.165) is 0 Å². The fraction of sp³-hybridized carbons (Fsp3) is 0.571. The molecule has 0 aliphatic rings. The maximum absolute atomic E-state index is 11.3. The number of rotatable bonds is 3. The Kier molecular flexibility index (Phi) is 2.54. The van der Waals surface area contributed by atoms with Crippen LogP contribution in [0.5, 0.6) is 0 Å². The Balaban J connectivity index is 2.94. The number of nitrogens with two attached hydrogens (primary N) is 1. The van der Waals surface area contributed by atoms with Gasteiger partial charge in [-0.05, 0) is 13.8 Å². The largest absolute Gasteiger partial charge is 0.321 e. The van der Waals surface area contributed by atoms with Crippen LogP contribution in [-0.4, -0.2) is 26.6 Å². The molecule has 0 aliphatic carbocycles. The molecule has 0 aliphatic heterocycles. The van der Waals surface area contributed by atoms with Gasteiger partial charge in [0.2, 0.25) is 5.78 Å². The molecule has 1 aromatic rings. The van der Waals surface area contributed by atoms with E-state index in [-0.39, 0.29) is 5.78 Å². The minimum absolute atomic E-state index is 0.172. The molecule has 1 aromatic heterocycles. The molecule has 1 rings (SSSR count). The Labute approximate surface area is 70.6 Å². The lowest BCUT2D eigenvalue weighted by Crippen LogP contribution is -2.29. The van der Waals surface area contributed by atoms with Gasteiger partial charge in [0.15, 0.2) is 5.82 Å². The predicted molar refractivity (Wildman–Crippen MR) is 43.7 cm³/mol. The zero-order chi connectivity index (χ0) is 9.14. The zero-order valence-electron chi connectivity index (χ0n) is 7.19. The summed E-state index contributed by atoms with van der Waals surface area (Å²) in [5.74, 6) is 0.168. The Hall–Kier alpha value is -1.23. The van der Waals surface area contributed by atoms with Crippen LogP contribution in [0.15, 0.2) is 6.33 Å². The molecular formula is C7H12N4O. The van der Waals surface area contributed by atoms with E-state index in [1.165, 1.54) is 11.0 Å². The van der Waals surface area contributed by atoms with E-state index >= 15 is 0 Å². The van der Waals surface area contributed by atoms with E-state index in [1.54, 1.807) is 6.92 Å². The topological polar surface area (TPSA) is 73.8 Å². The lowest BCUT2D eigenvalue weighted by Gasteiger charge is -2.03. The molecule has 0 spiro atoms. The van der Waals surface area contributed by atoms with E-state index in [2.05, 4.69) is 10.1 Å². The van der Waals surface area contributed by atoms with Crippen LogP contribution in [-0.2, 0) is 6.54 Å². The van der Waals surface area contributed by atoms with E-state index < -0.39 is 6.04 Å². The molecule has 5 nitrogen and oxygen atoms in total. The Bertz CT molecular complexity index is 279. The summed E-state index contributed by atoms with van der Waals surface area (Å²) in [6.45, 7) is 4.16. The van der Waals surface area contributed by atoms with Crippen molar-refractivity contribution in [2.45, 2.75) is 26.4 Å². The van der Waals surface area contributed by atoms with Crippen molar-refractivity contribution in [1.29, 1.82) is 0 Å². The molecule has 0 amide bonds. The second-order valence-electron chi connectivity index (χ2n) is 2.55. The monoisotopic (exact) mass is 168 g/mol. The van der Waals surface area contributed by atoms with Gasteiger partial charge < -0.3 is 5.73 Å². The van der Waals surface area contributed by atoms with Crippen LogP contribution in [0.25, 0.3) is 0 Å². The first-order chi connectivity index (χ1) is 5.66. The van der Waals surface area contributed by atoms with Crippen molar-refractivity contribution in [3.63, 3.8) is 0 Å². The third kappa shape index (κ3) is 1.50. The molecule has 66 valence electrons. The van der Waals surface area contributed by atoms with Crippen molar-refractivity contribution in [3.05, 3.63) is 12.2 Å². The van der Waals surface area contributed by atoms with Gasteiger partial charge >= 0.3 is 0 Å². The highest BCUT2D eigenvalue weighted by molar-refractivity contribution is 5.96. The van der Waals surface area contributed by atoms with Crippen molar-refractivity contribution in [3.8, 4) is 0 Å². The van der Waals surface area contributed by atoms with E-state index in [1.807, 2.05) is 6.92 Å². The van der Waals surface area contributed by atoms with Crippen LogP contribution < -0.4 is 5.73 Å². The van der Waals surface area contributed by atoms with Crippen LogP contribution >= 0.6 is 0 Å². The number of hydrogen-bond donors (Lipinski definition) is 1. The Morgan fingerprint density at radius 3 is 3.00 bits per heavy atom. The molecule has 0 aromatic carbocycles. The zero-order valence-corrected chi connectivity index (χ0v) is 7.19. The fourth-order valence-electron chi connectivity index (χ4n) is 0.890. The van der Waals surface area contributed by atoms with Crippen LogP contribution in [0.1, 0.15) is 24.5 Å². The summed E-state index contributed by atoms with van der Waals surface area (Å²) in [5, 5.41) is 3.87. The van der Waals surface area contributed by atoms with Crippen LogP contribution in [0.2, 0.25) is 0 Å². The van der Waals surface area contributed by atoms with Gasteiger partial charge in [-0.2, -0.15) is 5.10 Å². The van der Waals surface area contributed by atoms with Crippen LogP contribution in [0.3, 0.4) is 0 Å². The van der Waals surface area contributed by atoms with E-state index in [4.69, 9.17) is 5.73 Å². The molecule has 1 unspecified atom stereocenters. The lowest BCUT2D eigenvalue weighted by molar-refractivity contribution is 0.0952. The minimum Gasteiger partial charge on any atom is -0.321 e. The van der Waals surface area contributed by atoms with Crippen molar-refractivity contribution >= 4 is 5.78 Å². The maximum atomic E-state index is 11.3. The summed E-state index contributed by atoms with van der Waals surface area (Å²) in [6.07, 6.45) is 1.36. The van der Waals surface area contributed by atoms with Gasteiger partial charge in [0.25, 0.3) is 0 Å². The highest BCUT2D eigenvalue weighted by Gasteiger charge is 2.16. The number of nitrogens with zero attached hydrogens (tertiary/aromatic N) is 3. The standard InChI is InChI=1S/C7H12N4O/c1-3-11-7(9-4-10-11)6(12)5(2)8/h4-5H,3,8H2,1-2H3. The first kappa shape index (κ1) is 8.86. The van der Waals surface area contributed by atoms with Crippen LogP contribution in [0.4, 0.5) is 0 Å². The van der Waals surface area contributed by atoms with E-state index in [9.17, 15) is 4.79 Å². The highest BCUT2D eigenvalue weighted by Crippen LogP contribution is 1.97. The Morgan fingerprint density at radius 1 is 1.83 bits per heavy atom. The van der Waals surface area contributed by atoms with Crippen molar-refractivity contribution in [2.24, 2.45) is 5.73 Å². The van der Waals surface area contributed by atoms with Crippen molar-refractivity contribution in [2.75, 3.05) is 0 Å². The SMILES string of the molecule is CCn1ncnc1C(=O)C(C)N. The molecule has 0 saturated carbocycles. The van der Waals surface area contributed by atoms with Gasteiger partial charge in [0, 0.05) is 6.54 Å². The fourth-order valence-corrected chi connectivity index (χ4v) is 0.890. The molecule has 0 fully saturated rings. The van der Waals surface area contributed by atoms with Gasteiger partial charge in [-0.25, -0.2) is 9.67 Å². The number of carbonyl (C=O) groups is 1. The quantitative estimate of drug-likeness (QED) is 0.636. The summed E-state index contributed by atoms with van der Waals surface area (Å²) < 4.78 is 1.53. The average Bonchev–Trinajstić information content (AvgIpc) is 2.49. The predicted octanol–water partition coefficient (Wildman–Crippen LogP) is -0.172. The number of carbonyl (C=O) groups excluding carboxylic acids is 1. The molecule has 1 heterocycles.